The van der Waals surface area contributed by atoms with Crippen molar-refractivity contribution in [1.29, 1.82) is 0 Å². The van der Waals surface area contributed by atoms with Crippen molar-refractivity contribution >= 4 is 23.9 Å². The summed E-state index contributed by atoms with van der Waals surface area (Å²) in [5.41, 5.74) is -0.368. The molecule has 2 aliphatic heterocycles. The molecule has 0 saturated carbocycles. The summed E-state index contributed by atoms with van der Waals surface area (Å²) >= 11 is 0. The number of hydrogen-bond donors (Lipinski definition) is 2. The van der Waals surface area contributed by atoms with Crippen LogP contribution >= 0.6 is 0 Å². The van der Waals surface area contributed by atoms with Gasteiger partial charge >= 0.3 is 12.1 Å². The number of hydrogen-bond acceptors (Lipinski definition) is 9. The number of amides is 3. The number of piperidine rings is 2. The highest BCUT2D eigenvalue weighted by atomic mass is 16.6. The van der Waals surface area contributed by atoms with Gasteiger partial charge in [-0.2, -0.15) is 0 Å². The first-order chi connectivity index (χ1) is 20.6. The molecule has 0 spiro atoms. The zero-order valence-corrected chi connectivity index (χ0v) is 26.9. The van der Waals surface area contributed by atoms with Crippen LogP contribution in [0.2, 0.25) is 0 Å². The standard InChI is InChI=1S/C32H49N3O9/c1-31(2,3)43-28(38)21-42-25-11-15-34(16-12-25)29(39)26(19-22-7-9-23(36)10-8-22)33-27(37)20-41-24-13-17-35(18-14-24)30(40)44-32(4,5)6/h7-10,24-26,36H,11-21H2,1-6H3,(H,33,37)/t26-/m0/s1. The molecule has 0 aromatic heterocycles. The molecule has 12 nitrogen and oxygen atoms in total. The lowest BCUT2D eigenvalue weighted by Gasteiger charge is -2.34. The molecule has 2 heterocycles. The van der Waals surface area contributed by atoms with Gasteiger partial charge < -0.3 is 39.2 Å². The maximum absolute atomic E-state index is 13.6. The van der Waals surface area contributed by atoms with E-state index in [1.54, 1.807) is 54.8 Å². The number of carbonyl (C=O) groups is 4. The molecular weight excluding hydrogens is 570 g/mol. The van der Waals surface area contributed by atoms with E-state index in [-0.39, 0.29) is 49.6 Å². The molecule has 2 aliphatic rings. The summed E-state index contributed by atoms with van der Waals surface area (Å²) in [5, 5.41) is 12.5. The van der Waals surface area contributed by atoms with E-state index in [4.69, 9.17) is 18.9 Å². The van der Waals surface area contributed by atoms with Gasteiger partial charge in [0.1, 0.15) is 36.2 Å². The van der Waals surface area contributed by atoms with Crippen molar-refractivity contribution in [3.8, 4) is 5.75 Å². The Hall–Kier alpha value is -3.38. The van der Waals surface area contributed by atoms with Gasteiger partial charge in [0.15, 0.2) is 0 Å². The number of phenols is 1. The lowest BCUT2D eigenvalue weighted by Crippen LogP contribution is -2.53. The first kappa shape index (κ1) is 35.1. The number of ether oxygens (including phenoxy) is 4. The summed E-state index contributed by atoms with van der Waals surface area (Å²) < 4.78 is 22.3. The number of aromatic hydroxyl groups is 1. The molecule has 1 aromatic carbocycles. The summed E-state index contributed by atoms with van der Waals surface area (Å²) in [6.07, 6.45) is 1.79. The predicted molar refractivity (Wildman–Crippen MR) is 162 cm³/mol. The lowest BCUT2D eigenvalue weighted by molar-refractivity contribution is -0.163. The van der Waals surface area contributed by atoms with Gasteiger partial charge in [0.2, 0.25) is 11.8 Å². The number of esters is 1. The number of likely N-dealkylation sites (tertiary alicyclic amines) is 2. The molecule has 0 unspecified atom stereocenters. The SMILES string of the molecule is CC(C)(C)OC(=O)COC1CCN(C(=O)[C@H](Cc2ccc(O)cc2)NC(=O)COC2CCN(C(=O)OC(C)(C)C)CC2)CC1. The fraction of sp³-hybridized carbons (Fsp3) is 0.688. The van der Waals surface area contributed by atoms with Crippen LogP contribution in [-0.4, -0.2) is 108 Å². The van der Waals surface area contributed by atoms with E-state index in [9.17, 15) is 24.3 Å². The quantitative estimate of drug-likeness (QED) is 0.378. The minimum Gasteiger partial charge on any atom is -0.508 e. The zero-order valence-electron chi connectivity index (χ0n) is 26.9. The fourth-order valence-corrected chi connectivity index (χ4v) is 5.05. The first-order valence-corrected chi connectivity index (χ1v) is 15.4. The van der Waals surface area contributed by atoms with Crippen LogP contribution < -0.4 is 5.32 Å². The Morgan fingerprint density at radius 1 is 0.795 bits per heavy atom. The average molecular weight is 620 g/mol. The molecule has 3 rings (SSSR count). The Morgan fingerprint density at radius 2 is 1.30 bits per heavy atom. The predicted octanol–water partition coefficient (Wildman–Crippen LogP) is 3.18. The van der Waals surface area contributed by atoms with Crippen LogP contribution in [0, 0.1) is 0 Å². The number of phenolic OH excluding ortho intramolecular Hbond substituents is 1. The molecule has 0 aliphatic carbocycles. The highest BCUT2D eigenvalue weighted by Crippen LogP contribution is 2.19. The van der Waals surface area contributed by atoms with Crippen LogP contribution in [0.5, 0.6) is 5.75 Å². The Labute approximate surface area is 260 Å². The fourth-order valence-electron chi connectivity index (χ4n) is 5.05. The molecule has 0 bridgehead atoms. The van der Waals surface area contributed by atoms with Crippen molar-refractivity contribution in [3.05, 3.63) is 29.8 Å². The number of nitrogens with one attached hydrogen (secondary N) is 1. The summed E-state index contributed by atoms with van der Waals surface area (Å²) in [6.45, 7) is 12.3. The van der Waals surface area contributed by atoms with E-state index in [0.29, 0.717) is 51.9 Å². The monoisotopic (exact) mass is 619 g/mol. The molecule has 12 heteroatoms. The molecule has 0 radical (unpaired) electrons. The van der Waals surface area contributed by atoms with Crippen molar-refractivity contribution in [2.75, 3.05) is 39.4 Å². The summed E-state index contributed by atoms with van der Waals surface area (Å²) in [7, 11) is 0. The van der Waals surface area contributed by atoms with Crippen molar-refractivity contribution in [2.45, 2.75) is 103 Å². The summed E-state index contributed by atoms with van der Waals surface area (Å²) in [4.78, 5) is 54.2. The second-order valence-corrected chi connectivity index (χ2v) is 13.4. The Bertz CT molecular complexity index is 1110. The van der Waals surface area contributed by atoms with E-state index in [1.807, 2.05) is 20.8 Å². The average Bonchev–Trinajstić information content (AvgIpc) is 2.94. The normalized spacial score (nSPS) is 17.6. The molecular formula is C32H49N3O9. The number of rotatable bonds is 10. The van der Waals surface area contributed by atoms with Crippen LogP contribution in [-0.2, 0) is 39.8 Å². The molecule has 1 atom stereocenters. The van der Waals surface area contributed by atoms with Crippen molar-refractivity contribution in [1.82, 2.24) is 15.1 Å². The Morgan fingerprint density at radius 3 is 1.82 bits per heavy atom. The molecule has 3 amide bonds. The van der Waals surface area contributed by atoms with Crippen LogP contribution in [0.4, 0.5) is 4.79 Å². The van der Waals surface area contributed by atoms with Crippen molar-refractivity contribution in [3.63, 3.8) is 0 Å². The zero-order chi connectivity index (χ0) is 32.5. The third-order valence-corrected chi connectivity index (χ3v) is 7.16. The van der Waals surface area contributed by atoms with E-state index < -0.39 is 29.1 Å². The van der Waals surface area contributed by atoms with Gasteiger partial charge in [-0.1, -0.05) is 12.1 Å². The second-order valence-electron chi connectivity index (χ2n) is 13.4. The number of benzene rings is 1. The van der Waals surface area contributed by atoms with Crippen LogP contribution in [0.15, 0.2) is 24.3 Å². The minimum absolute atomic E-state index is 0.111. The van der Waals surface area contributed by atoms with Crippen LogP contribution in [0.1, 0.15) is 72.8 Å². The van der Waals surface area contributed by atoms with Gasteiger partial charge in [-0.15, -0.1) is 0 Å². The molecule has 44 heavy (non-hydrogen) atoms. The highest BCUT2D eigenvalue weighted by Gasteiger charge is 2.32. The maximum Gasteiger partial charge on any atom is 0.410 e. The maximum atomic E-state index is 13.6. The van der Waals surface area contributed by atoms with E-state index in [1.165, 1.54) is 0 Å². The number of nitrogens with zero attached hydrogens (tertiary/aromatic N) is 2. The van der Waals surface area contributed by atoms with Crippen molar-refractivity contribution in [2.24, 2.45) is 0 Å². The molecule has 246 valence electrons. The molecule has 2 fully saturated rings. The van der Waals surface area contributed by atoms with E-state index in [2.05, 4.69) is 5.32 Å². The van der Waals surface area contributed by atoms with Gasteiger partial charge in [-0.3, -0.25) is 9.59 Å². The van der Waals surface area contributed by atoms with E-state index in [0.717, 1.165) is 5.56 Å². The van der Waals surface area contributed by atoms with E-state index >= 15 is 0 Å². The topological polar surface area (TPSA) is 144 Å². The Balaban J connectivity index is 1.50. The smallest absolute Gasteiger partial charge is 0.410 e. The van der Waals surface area contributed by atoms with Gasteiger partial charge in [-0.05, 0) is 84.9 Å². The highest BCUT2D eigenvalue weighted by molar-refractivity contribution is 5.88. The summed E-state index contributed by atoms with van der Waals surface area (Å²) in [6, 6.07) is 5.68. The van der Waals surface area contributed by atoms with Gasteiger partial charge in [0.05, 0.1) is 12.2 Å². The lowest BCUT2D eigenvalue weighted by atomic mass is 10.0. The largest absolute Gasteiger partial charge is 0.508 e. The first-order valence-electron chi connectivity index (χ1n) is 15.4. The third-order valence-electron chi connectivity index (χ3n) is 7.16. The van der Waals surface area contributed by atoms with Crippen molar-refractivity contribution < 1.29 is 43.2 Å². The van der Waals surface area contributed by atoms with Gasteiger partial charge in [0.25, 0.3) is 0 Å². The van der Waals surface area contributed by atoms with Gasteiger partial charge in [-0.25, -0.2) is 9.59 Å². The summed E-state index contributed by atoms with van der Waals surface area (Å²) in [5.74, 6) is -0.946. The van der Waals surface area contributed by atoms with Crippen LogP contribution in [0.25, 0.3) is 0 Å². The minimum atomic E-state index is -0.830. The van der Waals surface area contributed by atoms with Crippen LogP contribution in [0.3, 0.4) is 0 Å². The second kappa shape index (κ2) is 15.6. The van der Waals surface area contributed by atoms with Gasteiger partial charge in [0, 0.05) is 32.6 Å². The third kappa shape index (κ3) is 12.3. The molecule has 2 N–H and O–H groups in total. The molecule has 2 saturated heterocycles. The number of carbonyl (C=O) groups excluding carboxylic acids is 4. The Kier molecular flexibility index (Phi) is 12.4. The molecule has 1 aromatic rings.